The van der Waals surface area contributed by atoms with E-state index in [1.54, 1.807) is 42.5 Å². The van der Waals surface area contributed by atoms with Gasteiger partial charge >= 0.3 is 5.97 Å². The van der Waals surface area contributed by atoms with Gasteiger partial charge in [-0.3, -0.25) is 4.90 Å². The van der Waals surface area contributed by atoms with Gasteiger partial charge < -0.3 is 14.6 Å². The summed E-state index contributed by atoms with van der Waals surface area (Å²) < 4.78 is 46.2. The number of sulfonamides is 1. The van der Waals surface area contributed by atoms with Gasteiger partial charge in [-0.05, 0) is 36.4 Å². The molecule has 12 heteroatoms. The van der Waals surface area contributed by atoms with Crippen molar-refractivity contribution in [2.75, 3.05) is 46.4 Å². The monoisotopic (exact) mass is 492 g/mol. The largest absolute Gasteiger partial charge is 0.491 e. The van der Waals surface area contributed by atoms with Crippen LogP contribution in [0.1, 0.15) is 10.4 Å². The van der Waals surface area contributed by atoms with E-state index in [4.69, 9.17) is 4.74 Å². The van der Waals surface area contributed by atoms with Gasteiger partial charge in [0.05, 0.1) is 24.4 Å². The number of esters is 1. The first-order valence-electron chi connectivity index (χ1n) is 10.3. The van der Waals surface area contributed by atoms with E-state index < -0.39 is 22.1 Å². The van der Waals surface area contributed by atoms with Gasteiger partial charge in [0.25, 0.3) is 0 Å². The van der Waals surface area contributed by atoms with E-state index in [2.05, 4.69) is 13.5 Å². The number of carbonyl (C=O) groups is 1. The number of aliphatic hydroxyl groups is 1. The SMILES string of the molecule is COC(=O)c1ccc(OCC(O)CN2CCN(S(=O)(=O)c3cccc4nsnc34)CC2)cc1. The Morgan fingerprint density at radius 3 is 2.55 bits per heavy atom. The lowest BCUT2D eigenvalue weighted by molar-refractivity contribution is 0.0566. The summed E-state index contributed by atoms with van der Waals surface area (Å²) in [5, 5.41) is 10.4. The van der Waals surface area contributed by atoms with Crippen LogP contribution in [0.15, 0.2) is 47.4 Å². The fraction of sp³-hybridized carbons (Fsp3) is 0.381. The Balaban J connectivity index is 1.27. The molecule has 176 valence electrons. The summed E-state index contributed by atoms with van der Waals surface area (Å²) >= 11 is 0.991. The molecule has 4 rings (SSSR count). The maximum Gasteiger partial charge on any atom is 0.337 e. The molecule has 0 amide bonds. The van der Waals surface area contributed by atoms with Crippen LogP contribution in [0.25, 0.3) is 11.0 Å². The van der Waals surface area contributed by atoms with Crippen molar-refractivity contribution in [3.63, 3.8) is 0 Å². The Labute approximate surface area is 195 Å². The predicted molar refractivity (Wildman–Crippen MR) is 122 cm³/mol. The molecular formula is C21H24N4O6S2. The summed E-state index contributed by atoms with van der Waals surface area (Å²) in [6.07, 6.45) is -0.747. The molecule has 0 radical (unpaired) electrons. The van der Waals surface area contributed by atoms with Crippen LogP contribution in [0.2, 0.25) is 0 Å². The van der Waals surface area contributed by atoms with Crippen LogP contribution < -0.4 is 4.74 Å². The molecule has 1 saturated heterocycles. The highest BCUT2D eigenvalue weighted by atomic mass is 32.2. The molecule has 1 fully saturated rings. The average molecular weight is 493 g/mol. The summed E-state index contributed by atoms with van der Waals surface area (Å²) in [4.78, 5) is 13.6. The van der Waals surface area contributed by atoms with Crippen LogP contribution in [-0.2, 0) is 14.8 Å². The minimum absolute atomic E-state index is 0.0783. The number of ether oxygens (including phenoxy) is 2. The summed E-state index contributed by atoms with van der Waals surface area (Å²) in [7, 11) is -2.36. The van der Waals surface area contributed by atoms with Gasteiger partial charge in [0.1, 0.15) is 34.4 Å². The van der Waals surface area contributed by atoms with Crippen LogP contribution >= 0.6 is 11.7 Å². The first-order valence-corrected chi connectivity index (χ1v) is 12.5. The second kappa shape index (κ2) is 10.1. The number of β-amino-alcohol motifs (C(OH)–C–C–N with tert-alkyl or cyclic N) is 1. The molecule has 0 saturated carbocycles. The van der Waals surface area contributed by atoms with Crippen LogP contribution in [0, 0.1) is 0 Å². The molecule has 0 aliphatic carbocycles. The zero-order chi connectivity index (χ0) is 23.4. The van der Waals surface area contributed by atoms with Crippen molar-refractivity contribution < 1.29 is 27.8 Å². The number of hydrogen-bond acceptors (Lipinski definition) is 10. The summed E-state index contributed by atoms with van der Waals surface area (Å²) in [5.74, 6) is 0.103. The number of nitrogens with zero attached hydrogens (tertiary/aromatic N) is 4. The van der Waals surface area contributed by atoms with Gasteiger partial charge in [-0.15, -0.1) is 0 Å². The summed E-state index contributed by atoms with van der Waals surface area (Å²) in [6, 6.07) is 11.4. The lowest BCUT2D eigenvalue weighted by Gasteiger charge is -2.34. The second-order valence-electron chi connectivity index (χ2n) is 7.57. The van der Waals surface area contributed by atoms with Crippen molar-refractivity contribution in [2.45, 2.75) is 11.0 Å². The molecular weight excluding hydrogens is 468 g/mol. The zero-order valence-corrected chi connectivity index (χ0v) is 19.6. The predicted octanol–water partition coefficient (Wildman–Crippen LogP) is 1.22. The first kappa shape index (κ1) is 23.5. The average Bonchev–Trinajstić information content (AvgIpc) is 3.32. The Hall–Kier alpha value is -2.64. The number of carbonyl (C=O) groups excluding carboxylic acids is 1. The van der Waals surface area contributed by atoms with Gasteiger partial charge in [-0.2, -0.15) is 13.1 Å². The number of aliphatic hydroxyl groups excluding tert-OH is 1. The molecule has 0 bridgehead atoms. The van der Waals surface area contributed by atoms with Crippen LogP contribution in [-0.4, -0.2) is 90.0 Å². The van der Waals surface area contributed by atoms with E-state index in [1.807, 2.05) is 4.90 Å². The highest BCUT2D eigenvalue weighted by Crippen LogP contribution is 2.25. The fourth-order valence-electron chi connectivity index (χ4n) is 3.63. The molecule has 3 aromatic rings. The van der Waals surface area contributed by atoms with Crippen molar-refractivity contribution in [3.8, 4) is 5.75 Å². The summed E-state index contributed by atoms with van der Waals surface area (Å²) in [5.41, 5.74) is 1.39. The minimum atomic E-state index is -3.68. The van der Waals surface area contributed by atoms with Crippen LogP contribution in [0.5, 0.6) is 5.75 Å². The number of aromatic nitrogens is 2. The molecule has 1 unspecified atom stereocenters. The second-order valence-corrected chi connectivity index (χ2v) is 10.0. The first-order chi connectivity index (χ1) is 15.9. The normalized spacial score (nSPS) is 16.5. The smallest absolute Gasteiger partial charge is 0.337 e. The highest BCUT2D eigenvalue weighted by molar-refractivity contribution is 7.89. The zero-order valence-electron chi connectivity index (χ0n) is 18.0. The van der Waals surface area contributed by atoms with E-state index >= 15 is 0 Å². The van der Waals surface area contributed by atoms with E-state index in [0.717, 1.165) is 11.7 Å². The number of piperazine rings is 1. The van der Waals surface area contributed by atoms with Crippen molar-refractivity contribution in [3.05, 3.63) is 48.0 Å². The molecule has 1 aromatic heterocycles. The third-order valence-corrected chi connectivity index (χ3v) is 7.86. The van der Waals surface area contributed by atoms with Crippen LogP contribution in [0.3, 0.4) is 0 Å². The molecule has 2 aromatic carbocycles. The number of hydrogen-bond donors (Lipinski definition) is 1. The summed E-state index contributed by atoms with van der Waals surface area (Å²) in [6.45, 7) is 2.07. The van der Waals surface area contributed by atoms with Crippen molar-refractivity contribution in [2.24, 2.45) is 0 Å². The number of fused-ring (bicyclic) bond motifs is 1. The van der Waals surface area contributed by atoms with E-state index in [0.29, 0.717) is 55.1 Å². The van der Waals surface area contributed by atoms with Crippen molar-refractivity contribution in [1.82, 2.24) is 18.0 Å². The van der Waals surface area contributed by atoms with Gasteiger partial charge in [0.2, 0.25) is 10.0 Å². The highest BCUT2D eigenvalue weighted by Gasteiger charge is 2.31. The van der Waals surface area contributed by atoms with Crippen molar-refractivity contribution in [1.29, 1.82) is 0 Å². The Morgan fingerprint density at radius 2 is 1.85 bits per heavy atom. The maximum atomic E-state index is 13.1. The minimum Gasteiger partial charge on any atom is -0.491 e. The number of benzene rings is 2. The third-order valence-electron chi connectivity index (χ3n) is 5.38. The lowest BCUT2D eigenvalue weighted by Crippen LogP contribution is -2.50. The van der Waals surface area contributed by atoms with Gasteiger partial charge in [0.15, 0.2) is 0 Å². The fourth-order valence-corrected chi connectivity index (χ4v) is 5.80. The molecule has 1 aliphatic rings. The quantitative estimate of drug-likeness (QED) is 0.463. The van der Waals surface area contributed by atoms with E-state index in [9.17, 15) is 18.3 Å². The molecule has 1 N–H and O–H groups in total. The topological polar surface area (TPSA) is 122 Å². The lowest BCUT2D eigenvalue weighted by atomic mass is 10.2. The van der Waals surface area contributed by atoms with Gasteiger partial charge in [0, 0.05) is 32.7 Å². The molecule has 1 atom stereocenters. The molecule has 10 nitrogen and oxygen atoms in total. The molecule has 0 spiro atoms. The van der Waals surface area contributed by atoms with Crippen LogP contribution in [0.4, 0.5) is 0 Å². The number of rotatable bonds is 8. The molecule has 2 heterocycles. The maximum absolute atomic E-state index is 13.1. The van der Waals surface area contributed by atoms with E-state index in [-0.39, 0.29) is 11.5 Å². The Kier molecular flexibility index (Phi) is 7.20. The van der Waals surface area contributed by atoms with Crippen molar-refractivity contribution >= 4 is 38.8 Å². The molecule has 1 aliphatic heterocycles. The Morgan fingerprint density at radius 1 is 1.12 bits per heavy atom. The van der Waals surface area contributed by atoms with Gasteiger partial charge in [-0.1, -0.05) is 6.07 Å². The third kappa shape index (κ3) is 5.31. The standard InChI is InChI=1S/C21H24N4O6S2/c1-30-21(27)15-5-7-17(8-6-15)31-14-16(26)13-24-9-11-25(12-10-24)33(28,29)19-4-2-3-18-20(19)23-32-22-18/h2-8,16,26H,9-14H2,1H3. The molecule has 33 heavy (non-hydrogen) atoms. The Bertz CT molecular complexity index is 1210. The number of methoxy groups -OCH3 is 1. The van der Waals surface area contributed by atoms with E-state index in [1.165, 1.54) is 11.4 Å². The van der Waals surface area contributed by atoms with Gasteiger partial charge in [-0.25, -0.2) is 13.2 Å².